The number of fused-ring (bicyclic) bond motifs is 7. The van der Waals surface area contributed by atoms with Crippen LogP contribution >= 0.6 is 0 Å². The maximum Gasteiger partial charge on any atom is 0.303 e. The first-order chi connectivity index (χ1) is 28.1. The van der Waals surface area contributed by atoms with Crippen LogP contribution in [0.3, 0.4) is 0 Å². The van der Waals surface area contributed by atoms with Crippen molar-refractivity contribution in [2.45, 2.75) is 109 Å². The van der Waals surface area contributed by atoms with Gasteiger partial charge in [-0.3, -0.25) is 19.7 Å². The maximum absolute atomic E-state index is 11.8. The number of ether oxygens (including phenoxy) is 1. The molecule has 2 heterocycles. The molecule has 1 unspecified atom stereocenters. The van der Waals surface area contributed by atoms with Gasteiger partial charge in [0.2, 0.25) is 5.69 Å². The summed E-state index contributed by atoms with van der Waals surface area (Å²) in [6, 6.07) is 22.8. The molecule has 4 aromatic carbocycles. The Kier molecular flexibility index (Phi) is 13.6. The van der Waals surface area contributed by atoms with Gasteiger partial charge in [-0.15, -0.1) is 0 Å². The van der Waals surface area contributed by atoms with Gasteiger partial charge in [0, 0.05) is 65.7 Å². The number of carbonyl (C=O) groups is 2. The van der Waals surface area contributed by atoms with Crippen LogP contribution in [0, 0.1) is 10.1 Å². The lowest BCUT2D eigenvalue weighted by Crippen LogP contribution is -2.31. The lowest BCUT2D eigenvalue weighted by Gasteiger charge is -2.33. The van der Waals surface area contributed by atoms with Crippen molar-refractivity contribution in [1.29, 1.82) is 0 Å². The molecule has 0 radical (unpaired) electrons. The fourth-order valence-electron chi connectivity index (χ4n) is 9.42. The first kappa shape index (κ1) is 42.0. The number of carboxylic acid groups (broad SMARTS) is 1. The predicted molar refractivity (Wildman–Crippen MR) is 235 cm³/mol. The summed E-state index contributed by atoms with van der Waals surface area (Å²) in [7, 11) is 0. The van der Waals surface area contributed by atoms with Crippen molar-refractivity contribution >= 4 is 56.8 Å². The van der Waals surface area contributed by atoms with Crippen LogP contribution in [-0.4, -0.2) is 52.5 Å². The number of nitrogens with zero attached hydrogens (tertiary/aromatic N) is 3. The summed E-state index contributed by atoms with van der Waals surface area (Å²) in [5.74, 6) is -0.786. The number of non-ortho nitro benzene ring substituents is 1. The second-order valence-electron chi connectivity index (χ2n) is 16.2. The van der Waals surface area contributed by atoms with E-state index in [4.69, 9.17) is 9.84 Å². The number of nitro benzene ring substituents is 1. The number of hydrogen-bond acceptors (Lipinski definition) is 6. The second-order valence-corrected chi connectivity index (χ2v) is 16.2. The minimum absolute atomic E-state index is 0.0735. The average Bonchev–Trinajstić information content (AvgIpc) is 3.61. The number of hydrogen-bond donors (Lipinski definition) is 1. The summed E-state index contributed by atoms with van der Waals surface area (Å²) in [4.78, 5) is 35.9. The van der Waals surface area contributed by atoms with E-state index < -0.39 is 11.4 Å². The molecule has 9 heteroatoms. The smallest absolute Gasteiger partial charge is 0.303 e. The number of benzene rings is 4. The van der Waals surface area contributed by atoms with E-state index in [0.29, 0.717) is 26.0 Å². The molecule has 304 valence electrons. The minimum Gasteiger partial charge on any atom is -0.481 e. The Labute approximate surface area is 342 Å². The summed E-state index contributed by atoms with van der Waals surface area (Å²) >= 11 is 0. The molecular weight excluding hydrogens is 727 g/mol. The monoisotopic (exact) mass is 784 g/mol. The highest BCUT2D eigenvalue weighted by Gasteiger charge is 2.47. The van der Waals surface area contributed by atoms with Crippen LogP contribution in [-0.2, 0) is 25.2 Å². The third-order valence-corrected chi connectivity index (χ3v) is 12.3. The average molecular weight is 785 g/mol. The van der Waals surface area contributed by atoms with Gasteiger partial charge in [0.1, 0.15) is 6.54 Å². The molecule has 9 nitrogen and oxygen atoms in total. The Balaban J connectivity index is 1.41. The number of unbranched alkanes of at least 4 members (excludes halogenated alkanes) is 5. The summed E-state index contributed by atoms with van der Waals surface area (Å²) < 4.78 is 7.26. The van der Waals surface area contributed by atoms with Gasteiger partial charge in [-0.05, 0) is 86.6 Å². The minimum atomic E-state index is -0.786. The Morgan fingerprint density at radius 1 is 0.879 bits per heavy atom. The van der Waals surface area contributed by atoms with Crippen LogP contribution in [0.1, 0.15) is 109 Å². The molecule has 0 spiro atoms. The quantitative estimate of drug-likeness (QED) is 0.0170. The zero-order valence-corrected chi connectivity index (χ0v) is 34.5. The highest BCUT2D eigenvalue weighted by Crippen LogP contribution is 2.58. The van der Waals surface area contributed by atoms with Crippen LogP contribution in [0.15, 0.2) is 103 Å². The van der Waals surface area contributed by atoms with Gasteiger partial charge >= 0.3 is 5.97 Å². The van der Waals surface area contributed by atoms with E-state index in [1.54, 1.807) is 12.1 Å². The molecule has 0 bridgehead atoms. The molecule has 0 amide bonds. The molecule has 58 heavy (non-hydrogen) atoms. The van der Waals surface area contributed by atoms with E-state index in [9.17, 15) is 19.7 Å². The molecule has 6 rings (SSSR count). The van der Waals surface area contributed by atoms with Gasteiger partial charge in [-0.2, -0.15) is 4.58 Å². The standard InChI is InChI=1S/C49H57N3O6/c1-5-7-30-49(6-2)44(51(32-19-10-20-33-58-35-53)47-40-24-17-15-22-38(40)37-21-14-16-23-39(37)46(47)49)26-12-8-11-25-43-48(3,4)41-34-36(52(56)57)28-29-42(41)50(43)31-18-9-13-27-45(54)55/h8,11-12,14-17,21-26,28-29,34-35H,5-7,9-10,13,18-20,27,30-33H2,1-4H3/p+1. The number of nitro groups is 1. The highest BCUT2D eigenvalue weighted by atomic mass is 16.6. The van der Waals surface area contributed by atoms with Crippen LogP contribution in [0.2, 0.25) is 0 Å². The summed E-state index contributed by atoms with van der Waals surface area (Å²) in [5.41, 5.74) is 6.36. The molecule has 1 N–H and O–H groups in total. The lowest BCUT2D eigenvalue weighted by atomic mass is 9.71. The molecule has 0 saturated carbocycles. The Bertz CT molecular complexity index is 2280. The van der Waals surface area contributed by atoms with Gasteiger partial charge in [0.25, 0.3) is 12.2 Å². The van der Waals surface area contributed by atoms with Crippen molar-refractivity contribution in [2.24, 2.45) is 0 Å². The number of aliphatic carboxylic acids is 1. The Morgan fingerprint density at radius 2 is 1.59 bits per heavy atom. The number of carboxylic acids is 1. The Morgan fingerprint density at radius 3 is 2.28 bits per heavy atom. The third kappa shape index (κ3) is 8.36. The van der Waals surface area contributed by atoms with Crippen molar-refractivity contribution in [3.8, 4) is 0 Å². The SMILES string of the molecule is CCCCC1(CC)C(=CC=CC=CC2=[N+](CCCCCC(=O)O)c3ccc([N+](=O)[O-])cc3C2(C)C)N(CCCCCOC=O)c2c1c1ccccc1c1ccccc21. The largest absolute Gasteiger partial charge is 0.481 e. The van der Waals surface area contributed by atoms with E-state index in [1.807, 2.05) is 6.07 Å². The molecular formula is C49H58N3O6+. The summed E-state index contributed by atoms with van der Waals surface area (Å²) in [6.45, 7) is 11.3. The molecule has 1 atom stereocenters. The van der Waals surface area contributed by atoms with Crippen molar-refractivity contribution in [1.82, 2.24) is 0 Å². The van der Waals surface area contributed by atoms with E-state index in [-0.39, 0.29) is 22.4 Å². The normalized spacial score (nSPS) is 17.9. The topological polar surface area (TPSA) is 113 Å². The van der Waals surface area contributed by atoms with E-state index in [2.05, 4.69) is 116 Å². The zero-order chi connectivity index (χ0) is 41.3. The van der Waals surface area contributed by atoms with Crippen molar-refractivity contribution in [2.75, 3.05) is 24.6 Å². The van der Waals surface area contributed by atoms with Gasteiger partial charge in [-0.1, -0.05) is 93.4 Å². The first-order valence-corrected chi connectivity index (χ1v) is 21.1. The fraction of sp³-hybridized carbons (Fsp3) is 0.408. The zero-order valence-electron chi connectivity index (χ0n) is 34.5. The molecule has 0 fully saturated rings. The van der Waals surface area contributed by atoms with Crippen molar-refractivity contribution in [3.05, 3.63) is 124 Å². The van der Waals surface area contributed by atoms with Gasteiger partial charge in [0.15, 0.2) is 5.71 Å². The molecule has 0 saturated heterocycles. The second kappa shape index (κ2) is 18.8. The third-order valence-electron chi connectivity index (χ3n) is 12.3. The van der Waals surface area contributed by atoms with Gasteiger partial charge in [-0.25, -0.2) is 0 Å². The number of allylic oxidation sites excluding steroid dienone is 6. The van der Waals surface area contributed by atoms with Crippen molar-refractivity contribution in [3.63, 3.8) is 0 Å². The number of rotatable bonds is 21. The number of carbonyl (C=O) groups excluding carboxylic acids is 1. The van der Waals surface area contributed by atoms with Crippen LogP contribution in [0.25, 0.3) is 21.5 Å². The fourth-order valence-corrected chi connectivity index (χ4v) is 9.42. The predicted octanol–water partition coefficient (Wildman–Crippen LogP) is 11.6. The summed E-state index contributed by atoms with van der Waals surface area (Å²) in [6.07, 6.45) is 20.1. The molecule has 2 aliphatic heterocycles. The van der Waals surface area contributed by atoms with E-state index in [1.165, 1.54) is 38.5 Å². The maximum atomic E-state index is 11.8. The molecule has 0 aliphatic carbocycles. The van der Waals surface area contributed by atoms with Gasteiger partial charge < -0.3 is 14.7 Å². The van der Waals surface area contributed by atoms with E-state index >= 15 is 0 Å². The van der Waals surface area contributed by atoms with Crippen LogP contribution in [0.4, 0.5) is 17.1 Å². The first-order valence-electron chi connectivity index (χ1n) is 21.1. The molecule has 0 aromatic heterocycles. The molecule has 4 aromatic rings. The summed E-state index contributed by atoms with van der Waals surface area (Å²) in [5, 5.41) is 26.0. The Hall–Kier alpha value is -5.57. The van der Waals surface area contributed by atoms with Crippen molar-refractivity contribution < 1.29 is 28.9 Å². The van der Waals surface area contributed by atoms with Crippen LogP contribution in [0.5, 0.6) is 0 Å². The van der Waals surface area contributed by atoms with E-state index in [0.717, 1.165) is 81.3 Å². The number of anilines is 1. The lowest BCUT2D eigenvalue weighted by molar-refractivity contribution is -0.438. The van der Waals surface area contributed by atoms with Crippen LogP contribution < -0.4 is 4.90 Å². The van der Waals surface area contributed by atoms with Gasteiger partial charge in [0.05, 0.1) is 22.6 Å². The molecule has 2 aliphatic rings. The highest BCUT2D eigenvalue weighted by molar-refractivity contribution is 6.17.